The first-order chi connectivity index (χ1) is 14.8. The average molecular weight is 404 g/mol. The van der Waals surface area contributed by atoms with Crippen molar-refractivity contribution in [3.05, 3.63) is 108 Å². The smallest absolute Gasteiger partial charge is 0.0529 e. The Bertz CT molecular complexity index is 1370. The molecule has 0 bridgehead atoms. The lowest BCUT2D eigenvalue weighted by molar-refractivity contribution is 0.940. The minimum absolute atomic E-state index is 0.287. The highest BCUT2D eigenvalue weighted by atomic mass is 32.2. The maximum Gasteiger partial charge on any atom is 0.0529 e. The highest BCUT2D eigenvalue weighted by molar-refractivity contribution is 7.99. The highest BCUT2D eigenvalue weighted by Crippen LogP contribution is 2.46. The second-order valence-electron chi connectivity index (χ2n) is 7.93. The fourth-order valence-corrected chi connectivity index (χ4v) is 5.58. The minimum Gasteiger partial charge on any atom is -0.354 e. The number of benzene rings is 5. The number of fused-ring (bicyclic) bond motifs is 4. The van der Waals surface area contributed by atoms with Crippen LogP contribution in [-0.4, -0.2) is 0 Å². The van der Waals surface area contributed by atoms with Gasteiger partial charge < -0.3 is 5.32 Å². The van der Waals surface area contributed by atoms with Gasteiger partial charge in [-0.2, -0.15) is 0 Å². The average Bonchev–Trinajstić information content (AvgIpc) is 2.80. The monoisotopic (exact) mass is 403 g/mol. The van der Waals surface area contributed by atoms with Gasteiger partial charge in [0.05, 0.1) is 11.4 Å². The van der Waals surface area contributed by atoms with E-state index < -0.39 is 0 Å². The molecule has 1 aliphatic rings. The first kappa shape index (κ1) is 17.6. The molecule has 1 aliphatic heterocycles. The molecule has 1 N–H and O–H groups in total. The van der Waals surface area contributed by atoms with Gasteiger partial charge in [-0.1, -0.05) is 85.4 Å². The maximum atomic E-state index is 3.64. The Morgan fingerprint density at radius 2 is 1.27 bits per heavy atom. The molecule has 1 atom stereocenters. The van der Waals surface area contributed by atoms with E-state index in [1.165, 1.54) is 53.8 Å². The van der Waals surface area contributed by atoms with E-state index in [0.29, 0.717) is 0 Å². The Hall–Kier alpha value is -3.23. The first-order valence-electron chi connectivity index (χ1n) is 10.4. The van der Waals surface area contributed by atoms with Gasteiger partial charge in [-0.15, -0.1) is 0 Å². The van der Waals surface area contributed by atoms with Gasteiger partial charge >= 0.3 is 0 Å². The Morgan fingerprint density at radius 1 is 0.633 bits per heavy atom. The van der Waals surface area contributed by atoms with Crippen molar-refractivity contribution >= 4 is 44.7 Å². The third-order valence-corrected chi connectivity index (χ3v) is 7.28. The van der Waals surface area contributed by atoms with Crippen LogP contribution < -0.4 is 5.32 Å². The first-order valence-corrected chi connectivity index (χ1v) is 11.2. The highest BCUT2D eigenvalue weighted by Gasteiger charge is 2.20. The van der Waals surface area contributed by atoms with Crippen LogP contribution in [0.1, 0.15) is 24.0 Å². The molecule has 0 fully saturated rings. The van der Waals surface area contributed by atoms with E-state index in [1.54, 1.807) is 0 Å². The number of hydrogen-bond acceptors (Lipinski definition) is 2. The van der Waals surface area contributed by atoms with Crippen molar-refractivity contribution in [3.8, 4) is 0 Å². The number of anilines is 2. The molecule has 0 saturated heterocycles. The van der Waals surface area contributed by atoms with Gasteiger partial charge in [-0.05, 0) is 63.0 Å². The quantitative estimate of drug-likeness (QED) is 0.292. The van der Waals surface area contributed by atoms with E-state index >= 15 is 0 Å². The van der Waals surface area contributed by atoms with Crippen LogP contribution >= 0.6 is 11.8 Å². The zero-order chi connectivity index (χ0) is 20.1. The summed E-state index contributed by atoms with van der Waals surface area (Å²) in [4.78, 5) is 2.57. The molecule has 0 amide bonds. The second-order valence-corrected chi connectivity index (χ2v) is 9.02. The lowest BCUT2D eigenvalue weighted by Crippen LogP contribution is -2.03. The molecule has 1 nitrogen and oxygen atoms in total. The molecule has 0 aliphatic carbocycles. The van der Waals surface area contributed by atoms with Crippen LogP contribution in [0.15, 0.2) is 107 Å². The van der Waals surface area contributed by atoms with E-state index in [-0.39, 0.29) is 5.92 Å². The van der Waals surface area contributed by atoms with Crippen molar-refractivity contribution in [2.24, 2.45) is 0 Å². The van der Waals surface area contributed by atoms with Crippen LogP contribution in [0.25, 0.3) is 21.5 Å². The number of para-hydroxylation sites is 1. The molecule has 0 aromatic heterocycles. The summed E-state index contributed by atoms with van der Waals surface area (Å²) in [5.74, 6) is 0.287. The van der Waals surface area contributed by atoms with E-state index in [9.17, 15) is 0 Å². The van der Waals surface area contributed by atoms with Crippen molar-refractivity contribution in [1.82, 2.24) is 0 Å². The number of hydrogen-bond donors (Lipinski definition) is 1. The van der Waals surface area contributed by atoms with Gasteiger partial charge in [0.2, 0.25) is 0 Å². The van der Waals surface area contributed by atoms with Crippen LogP contribution in [0.5, 0.6) is 0 Å². The molecule has 0 radical (unpaired) electrons. The van der Waals surface area contributed by atoms with Crippen LogP contribution in [0.4, 0.5) is 11.4 Å². The Morgan fingerprint density at radius 3 is 2.03 bits per heavy atom. The van der Waals surface area contributed by atoms with E-state index in [2.05, 4.69) is 109 Å². The topological polar surface area (TPSA) is 12.0 Å². The van der Waals surface area contributed by atoms with Crippen LogP contribution in [0, 0.1) is 0 Å². The normalized spacial score (nSPS) is 13.5. The van der Waals surface area contributed by atoms with Crippen molar-refractivity contribution in [2.75, 3.05) is 5.32 Å². The van der Waals surface area contributed by atoms with E-state index in [0.717, 1.165) is 0 Å². The van der Waals surface area contributed by atoms with E-state index in [4.69, 9.17) is 0 Å². The lowest BCUT2D eigenvalue weighted by Gasteiger charge is -2.24. The minimum atomic E-state index is 0.287. The van der Waals surface area contributed by atoms with Crippen molar-refractivity contribution in [3.63, 3.8) is 0 Å². The lowest BCUT2D eigenvalue weighted by atomic mass is 9.85. The summed E-state index contributed by atoms with van der Waals surface area (Å²) >= 11 is 1.84. The Kier molecular flexibility index (Phi) is 4.07. The predicted octanol–water partition coefficient (Wildman–Crippen LogP) is 8.35. The zero-order valence-electron chi connectivity index (χ0n) is 16.7. The molecule has 0 saturated carbocycles. The van der Waals surface area contributed by atoms with Gasteiger partial charge in [-0.3, -0.25) is 0 Å². The van der Waals surface area contributed by atoms with Gasteiger partial charge in [0.15, 0.2) is 0 Å². The zero-order valence-corrected chi connectivity index (χ0v) is 17.5. The van der Waals surface area contributed by atoms with Crippen LogP contribution in [-0.2, 0) is 0 Å². The SMILES string of the molecule is CC(c1ccc2c(c1)Nc1ccccc1S2)c1c2ccccc2cc2ccccc12. The summed E-state index contributed by atoms with van der Waals surface area (Å²) in [5.41, 5.74) is 5.14. The van der Waals surface area contributed by atoms with E-state index in [1.807, 2.05) is 11.8 Å². The summed E-state index contributed by atoms with van der Waals surface area (Å²) < 4.78 is 0. The molecular weight excluding hydrogens is 382 g/mol. The molecule has 5 aromatic carbocycles. The van der Waals surface area contributed by atoms with Gasteiger partial charge in [0.25, 0.3) is 0 Å². The summed E-state index contributed by atoms with van der Waals surface area (Å²) in [6, 6.07) is 35.2. The van der Waals surface area contributed by atoms with Crippen LogP contribution in [0.2, 0.25) is 0 Å². The third-order valence-electron chi connectivity index (χ3n) is 6.13. The molecule has 6 rings (SSSR count). The fraction of sp³-hybridized carbons (Fsp3) is 0.0714. The summed E-state index contributed by atoms with van der Waals surface area (Å²) in [5, 5.41) is 8.93. The van der Waals surface area contributed by atoms with Crippen molar-refractivity contribution in [2.45, 2.75) is 22.6 Å². The largest absolute Gasteiger partial charge is 0.354 e. The number of rotatable bonds is 2. The fourth-order valence-electron chi connectivity index (χ4n) is 4.61. The molecule has 0 spiro atoms. The summed E-state index contributed by atoms with van der Waals surface area (Å²) in [7, 11) is 0. The van der Waals surface area contributed by atoms with Gasteiger partial charge in [0, 0.05) is 15.7 Å². The Labute approximate surface area is 180 Å². The molecule has 1 unspecified atom stereocenters. The van der Waals surface area contributed by atoms with Crippen molar-refractivity contribution < 1.29 is 0 Å². The molecule has 1 heterocycles. The predicted molar refractivity (Wildman–Crippen MR) is 129 cm³/mol. The Balaban J connectivity index is 1.51. The summed E-state index contributed by atoms with van der Waals surface area (Å²) in [6.07, 6.45) is 0. The van der Waals surface area contributed by atoms with Gasteiger partial charge in [0.1, 0.15) is 0 Å². The standard InChI is InChI=1S/C28H21NS/c1-18(19-14-15-27-25(17-19)29-24-12-6-7-13-26(24)30-27)28-22-10-4-2-8-20(22)16-21-9-3-5-11-23(21)28/h2-18,29H,1H3. The molecule has 2 heteroatoms. The molecule has 5 aromatic rings. The number of nitrogens with one attached hydrogen (secondary N) is 1. The molecule has 144 valence electrons. The van der Waals surface area contributed by atoms with Crippen molar-refractivity contribution in [1.29, 1.82) is 0 Å². The van der Waals surface area contributed by atoms with Gasteiger partial charge in [-0.25, -0.2) is 0 Å². The molecule has 30 heavy (non-hydrogen) atoms. The maximum absolute atomic E-state index is 3.64. The molecular formula is C28H21NS. The summed E-state index contributed by atoms with van der Waals surface area (Å²) in [6.45, 7) is 2.33. The second kappa shape index (κ2) is 6.93. The van der Waals surface area contributed by atoms with Crippen LogP contribution in [0.3, 0.4) is 0 Å². The third kappa shape index (κ3) is 2.79.